The second kappa shape index (κ2) is 8.93. The third-order valence-corrected chi connectivity index (χ3v) is 4.27. The molecule has 102 valence electrons. The monoisotopic (exact) mass is 240 g/mol. The van der Waals surface area contributed by atoms with Gasteiger partial charge < -0.3 is 10.6 Å². The Hall–Kier alpha value is -0.0800. The van der Waals surface area contributed by atoms with Crippen LogP contribution < -0.4 is 10.6 Å². The summed E-state index contributed by atoms with van der Waals surface area (Å²) in [4.78, 5) is 0. The lowest BCUT2D eigenvalue weighted by Crippen LogP contribution is -2.47. The Morgan fingerprint density at radius 2 is 2.18 bits per heavy atom. The summed E-state index contributed by atoms with van der Waals surface area (Å²) in [7, 11) is 0. The van der Waals surface area contributed by atoms with Gasteiger partial charge in [0.2, 0.25) is 0 Å². The lowest BCUT2D eigenvalue weighted by Gasteiger charge is -2.30. The molecule has 1 heterocycles. The summed E-state index contributed by atoms with van der Waals surface area (Å²) in [6.45, 7) is 10.6. The van der Waals surface area contributed by atoms with E-state index in [-0.39, 0.29) is 0 Å². The average molecular weight is 240 g/mol. The van der Waals surface area contributed by atoms with Crippen molar-refractivity contribution < 1.29 is 0 Å². The van der Waals surface area contributed by atoms with Gasteiger partial charge in [-0.25, -0.2) is 0 Å². The lowest BCUT2D eigenvalue weighted by atomic mass is 9.92. The molecule has 1 rings (SSSR count). The first-order chi connectivity index (χ1) is 8.27. The molecule has 0 aromatic rings. The van der Waals surface area contributed by atoms with Crippen molar-refractivity contribution >= 4 is 0 Å². The van der Waals surface area contributed by atoms with Crippen molar-refractivity contribution in [1.82, 2.24) is 10.6 Å². The molecule has 0 bridgehead atoms. The molecule has 0 spiro atoms. The molecule has 3 unspecified atom stereocenters. The Morgan fingerprint density at radius 3 is 2.82 bits per heavy atom. The van der Waals surface area contributed by atoms with Crippen LogP contribution in [0.1, 0.15) is 59.3 Å². The molecule has 3 atom stereocenters. The van der Waals surface area contributed by atoms with E-state index in [1.165, 1.54) is 51.6 Å². The minimum atomic E-state index is 0.701. The Labute approximate surface area is 108 Å². The zero-order valence-corrected chi connectivity index (χ0v) is 12.1. The van der Waals surface area contributed by atoms with E-state index in [4.69, 9.17) is 0 Å². The maximum atomic E-state index is 3.68. The summed E-state index contributed by atoms with van der Waals surface area (Å²) in [5.41, 5.74) is 0. The molecule has 0 amide bonds. The molecule has 2 nitrogen and oxygen atoms in total. The summed E-state index contributed by atoms with van der Waals surface area (Å²) in [6, 6.07) is 0.701. The molecule has 1 aliphatic heterocycles. The van der Waals surface area contributed by atoms with Crippen molar-refractivity contribution in [3.8, 4) is 0 Å². The molecule has 0 aromatic heterocycles. The van der Waals surface area contributed by atoms with E-state index in [1.807, 2.05) is 0 Å². The first-order valence-corrected chi connectivity index (χ1v) is 7.72. The highest BCUT2D eigenvalue weighted by Crippen LogP contribution is 2.15. The van der Waals surface area contributed by atoms with E-state index < -0.39 is 0 Å². The third kappa shape index (κ3) is 5.87. The molecular weight excluding hydrogens is 208 g/mol. The summed E-state index contributed by atoms with van der Waals surface area (Å²) in [5, 5.41) is 7.32. The van der Waals surface area contributed by atoms with E-state index >= 15 is 0 Å². The second-order valence-electron chi connectivity index (χ2n) is 5.75. The molecule has 2 heteroatoms. The van der Waals surface area contributed by atoms with Crippen LogP contribution in [0, 0.1) is 11.8 Å². The quantitative estimate of drug-likeness (QED) is 0.681. The van der Waals surface area contributed by atoms with Gasteiger partial charge in [0.25, 0.3) is 0 Å². The van der Waals surface area contributed by atoms with E-state index in [9.17, 15) is 0 Å². The van der Waals surface area contributed by atoms with Gasteiger partial charge in [-0.05, 0) is 44.2 Å². The predicted molar refractivity (Wildman–Crippen MR) is 76.4 cm³/mol. The fraction of sp³-hybridized carbons (Fsp3) is 1.00. The topological polar surface area (TPSA) is 24.1 Å². The number of unbranched alkanes of at least 4 members (excludes halogenated alkanes) is 1. The van der Waals surface area contributed by atoms with Crippen LogP contribution >= 0.6 is 0 Å². The number of piperidine rings is 1. The molecule has 2 N–H and O–H groups in total. The summed E-state index contributed by atoms with van der Waals surface area (Å²) >= 11 is 0. The van der Waals surface area contributed by atoms with Crippen LogP contribution in [0.25, 0.3) is 0 Å². The molecule has 0 radical (unpaired) electrons. The fourth-order valence-corrected chi connectivity index (χ4v) is 2.77. The van der Waals surface area contributed by atoms with Gasteiger partial charge in [-0.3, -0.25) is 0 Å². The highest BCUT2D eigenvalue weighted by atomic mass is 15.0. The van der Waals surface area contributed by atoms with E-state index in [0.717, 1.165) is 18.4 Å². The fourth-order valence-electron chi connectivity index (χ4n) is 2.77. The van der Waals surface area contributed by atoms with Gasteiger partial charge in [0, 0.05) is 12.6 Å². The number of nitrogens with one attached hydrogen (secondary N) is 2. The Bertz CT molecular complexity index is 182. The molecule has 1 saturated heterocycles. The van der Waals surface area contributed by atoms with Crippen LogP contribution in [-0.2, 0) is 0 Å². The van der Waals surface area contributed by atoms with Gasteiger partial charge in [-0.15, -0.1) is 0 Å². The first-order valence-electron chi connectivity index (χ1n) is 7.72. The van der Waals surface area contributed by atoms with E-state index in [1.54, 1.807) is 0 Å². The smallest absolute Gasteiger partial charge is 0.0218 e. The van der Waals surface area contributed by atoms with Gasteiger partial charge in [0.1, 0.15) is 0 Å². The van der Waals surface area contributed by atoms with Crippen molar-refractivity contribution in [3.63, 3.8) is 0 Å². The van der Waals surface area contributed by atoms with Gasteiger partial charge in [-0.1, -0.05) is 40.0 Å². The number of rotatable bonds is 8. The molecule has 1 fully saturated rings. The molecule has 1 aliphatic rings. The lowest BCUT2D eigenvalue weighted by molar-refractivity contribution is 0.283. The minimum absolute atomic E-state index is 0.701. The van der Waals surface area contributed by atoms with Crippen molar-refractivity contribution in [2.45, 2.75) is 65.3 Å². The number of hydrogen-bond acceptors (Lipinski definition) is 2. The van der Waals surface area contributed by atoms with Crippen molar-refractivity contribution in [1.29, 1.82) is 0 Å². The maximum Gasteiger partial charge on any atom is 0.0218 e. The SMILES string of the molecule is CCCCC(CC)CNCC1NCCCC1C. The standard InChI is InChI=1S/C15H32N2/c1-4-6-9-14(5-2)11-16-12-15-13(3)8-7-10-17-15/h13-17H,4-12H2,1-3H3. The van der Waals surface area contributed by atoms with Crippen molar-refractivity contribution in [2.24, 2.45) is 11.8 Å². The van der Waals surface area contributed by atoms with Crippen LogP contribution in [0.5, 0.6) is 0 Å². The van der Waals surface area contributed by atoms with E-state index in [2.05, 4.69) is 31.4 Å². The normalized spacial score (nSPS) is 27.0. The molecule has 17 heavy (non-hydrogen) atoms. The van der Waals surface area contributed by atoms with Gasteiger partial charge in [-0.2, -0.15) is 0 Å². The average Bonchev–Trinajstić information content (AvgIpc) is 2.35. The number of hydrogen-bond donors (Lipinski definition) is 2. The van der Waals surface area contributed by atoms with Gasteiger partial charge in [0.05, 0.1) is 0 Å². The van der Waals surface area contributed by atoms with Crippen LogP contribution in [0.15, 0.2) is 0 Å². The molecule has 0 saturated carbocycles. The second-order valence-corrected chi connectivity index (χ2v) is 5.75. The van der Waals surface area contributed by atoms with Gasteiger partial charge in [0.15, 0.2) is 0 Å². The van der Waals surface area contributed by atoms with Crippen molar-refractivity contribution in [3.05, 3.63) is 0 Å². The highest BCUT2D eigenvalue weighted by Gasteiger charge is 2.20. The Kier molecular flexibility index (Phi) is 7.87. The third-order valence-electron chi connectivity index (χ3n) is 4.27. The molecule has 0 aliphatic carbocycles. The van der Waals surface area contributed by atoms with Crippen LogP contribution in [0.3, 0.4) is 0 Å². The zero-order chi connectivity index (χ0) is 12.5. The predicted octanol–water partition coefficient (Wildman–Crippen LogP) is 3.18. The summed E-state index contributed by atoms with van der Waals surface area (Å²) < 4.78 is 0. The maximum absolute atomic E-state index is 3.68. The molecular formula is C15H32N2. The minimum Gasteiger partial charge on any atom is -0.315 e. The first kappa shape index (κ1) is 15.0. The van der Waals surface area contributed by atoms with Crippen molar-refractivity contribution in [2.75, 3.05) is 19.6 Å². The van der Waals surface area contributed by atoms with Crippen LogP contribution in [0.2, 0.25) is 0 Å². The van der Waals surface area contributed by atoms with Crippen LogP contribution in [0.4, 0.5) is 0 Å². The largest absolute Gasteiger partial charge is 0.315 e. The molecule has 0 aromatic carbocycles. The van der Waals surface area contributed by atoms with Crippen LogP contribution in [-0.4, -0.2) is 25.7 Å². The highest BCUT2D eigenvalue weighted by molar-refractivity contribution is 4.80. The summed E-state index contributed by atoms with van der Waals surface area (Å²) in [5.74, 6) is 1.72. The summed E-state index contributed by atoms with van der Waals surface area (Å²) in [6.07, 6.45) is 8.18. The van der Waals surface area contributed by atoms with Gasteiger partial charge >= 0.3 is 0 Å². The van der Waals surface area contributed by atoms with E-state index in [0.29, 0.717) is 6.04 Å². The zero-order valence-electron chi connectivity index (χ0n) is 12.1. The Balaban J connectivity index is 2.12. The Morgan fingerprint density at radius 1 is 1.35 bits per heavy atom.